The molecule has 1 unspecified atom stereocenters. The van der Waals surface area contributed by atoms with Crippen LogP contribution < -0.4 is 15.4 Å². The molecule has 3 rings (SSSR count). The van der Waals surface area contributed by atoms with Crippen LogP contribution in [-0.2, 0) is 16.0 Å². The van der Waals surface area contributed by atoms with Crippen molar-refractivity contribution in [3.05, 3.63) is 58.1 Å². The van der Waals surface area contributed by atoms with Crippen LogP contribution in [0.4, 0.5) is 10.5 Å². The zero-order valence-electron chi connectivity index (χ0n) is 14.3. The van der Waals surface area contributed by atoms with Crippen LogP contribution in [0.2, 0.25) is 0 Å². The molecular formula is C19H19BrN2O4. The maximum atomic E-state index is 12.7. The Morgan fingerprint density at radius 1 is 1.27 bits per heavy atom. The predicted octanol–water partition coefficient (Wildman–Crippen LogP) is 3.57. The van der Waals surface area contributed by atoms with Crippen LogP contribution in [-0.4, -0.2) is 25.7 Å². The number of methoxy groups -OCH3 is 1. The third kappa shape index (κ3) is 3.89. The summed E-state index contributed by atoms with van der Waals surface area (Å²) in [6, 6.07) is 12.4. The summed E-state index contributed by atoms with van der Waals surface area (Å²) in [5.41, 5.74) is 9.16. The first-order chi connectivity index (χ1) is 12.5. The topological polar surface area (TPSA) is 81.9 Å². The smallest absolute Gasteiger partial charge is 0.437 e. The molecule has 0 aliphatic carbocycles. The Kier molecular flexibility index (Phi) is 5.58. The van der Waals surface area contributed by atoms with Gasteiger partial charge in [-0.15, -0.1) is 0 Å². The molecule has 2 aromatic carbocycles. The van der Waals surface area contributed by atoms with Crippen molar-refractivity contribution in [3.8, 4) is 5.75 Å². The molecule has 0 spiro atoms. The van der Waals surface area contributed by atoms with E-state index in [1.165, 1.54) is 12.7 Å². The quantitative estimate of drug-likeness (QED) is 0.605. The Hall–Kier alpha value is -2.38. The van der Waals surface area contributed by atoms with E-state index in [1.807, 2.05) is 24.3 Å². The molecule has 2 aromatic rings. The number of halogens is 1. The fourth-order valence-electron chi connectivity index (χ4n) is 3.02. The summed E-state index contributed by atoms with van der Waals surface area (Å²) in [6.07, 6.45) is 0.252. The van der Waals surface area contributed by atoms with Gasteiger partial charge in [0.15, 0.2) is 0 Å². The molecular weight excluding hydrogens is 400 g/mol. The van der Waals surface area contributed by atoms with Gasteiger partial charge in [-0.2, -0.15) is 0 Å². The van der Waals surface area contributed by atoms with Crippen molar-refractivity contribution in [2.24, 2.45) is 5.73 Å². The molecule has 1 atom stereocenters. The van der Waals surface area contributed by atoms with Crippen molar-refractivity contribution in [1.82, 2.24) is 0 Å². The van der Waals surface area contributed by atoms with Crippen LogP contribution in [0, 0.1) is 0 Å². The monoisotopic (exact) mass is 418 g/mol. The molecule has 1 amide bonds. The van der Waals surface area contributed by atoms with Gasteiger partial charge >= 0.3 is 6.16 Å². The molecule has 0 aromatic heterocycles. The van der Waals surface area contributed by atoms with Gasteiger partial charge in [-0.25, -0.2) is 4.79 Å². The van der Waals surface area contributed by atoms with Gasteiger partial charge in [0.25, 0.3) is 0 Å². The minimum Gasteiger partial charge on any atom is -0.437 e. The summed E-state index contributed by atoms with van der Waals surface area (Å²) in [6.45, 7) is 0.679. The van der Waals surface area contributed by atoms with Crippen molar-refractivity contribution in [1.29, 1.82) is 0 Å². The van der Waals surface area contributed by atoms with Gasteiger partial charge in [-0.05, 0) is 35.7 Å². The summed E-state index contributed by atoms with van der Waals surface area (Å²) in [7, 11) is 1.24. The minimum atomic E-state index is -0.795. The Labute approximate surface area is 160 Å². The highest BCUT2D eigenvalue weighted by Crippen LogP contribution is 2.31. The lowest BCUT2D eigenvalue weighted by atomic mass is 10.0. The Bertz CT molecular complexity index is 840. The lowest BCUT2D eigenvalue weighted by Crippen LogP contribution is -2.31. The van der Waals surface area contributed by atoms with Gasteiger partial charge < -0.3 is 20.1 Å². The first kappa shape index (κ1) is 18.4. The molecule has 0 radical (unpaired) electrons. The van der Waals surface area contributed by atoms with E-state index >= 15 is 0 Å². The summed E-state index contributed by atoms with van der Waals surface area (Å²) in [4.78, 5) is 25.7. The number of hydrogen-bond acceptors (Lipinski definition) is 5. The van der Waals surface area contributed by atoms with E-state index in [9.17, 15) is 9.59 Å². The second kappa shape index (κ2) is 7.88. The zero-order chi connectivity index (χ0) is 18.7. The van der Waals surface area contributed by atoms with E-state index in [4.69, 9.17) is 10.5 Å². The predicted molar refractivity (Wildman–Crippen MR) is 101 cm³/mol. The highest BCUT2D eigenvalue weighted by atomic mass is 79.9. The number of fused-ring (bicyclic) bond motifs is 1. The van der Waals surface area contributed by atoms with Crippen LogP contribution >= 0.6 is 15.9 Å². The van der Waals surface area contributed by atoms with Gasteiger partial charge in [0.05, 0.1) is 7.11 Å². The van der Waals surface area contributed by atoms with E-state index in [2.05, 4.69) is 20.7 Å². The molecule has 2 N–H and O–H groups in total. The zero-order valence-corrected chi connectivity index (χ0v) is 15.9. The number of anilines is 1. The molecule has 0 saturated heterocycles. The van der Waals surface area contributed by atoms with Crippen LogP contribution in [0.1, 0.15) is 23.6 Å². The van der Waals surface area contributed by atoms with Gasteiger partial charge in [-0.3, -0.25) is 4.79 Å². The third-order valence-corrected chi connectivity index (χ3v) is 5.01. The summed E-state index contributed by atoms with van der Waals surface area (Å²) >= 11 is 3.42. The number of rotatable bonds is 4. The van der Waals surface area contributed by atoms with Crippen molar-refractivity contribution in [2.45, 2.75) is 18.9 Å². The standard InChI is InChI=1S/C19H19BrN2O4/c1-25-19(24)26-13-6-7-14(15(20)10-13)16(21)11-18(23)22-9-8-12-4-2-3-5-17(12)22/h2-7,10,16H,8-9,11,21H2,1H3. The lowest BCUT2D eigenvalue weighted by molar-refractivity contribution is -0.118. The largest absolute Gasteiger partial charge is 0.513 e. The van der Waals surface area contributed by atoms with Crippen LogP contribution in [0.5, 0.6) is 5.75 Å². The highest BCUT2D eigenvalue weighted by molar-refractivity contribution is 9.10. The summed E-state index contributed by atoms with van der Waals surface area (Å²) in [5.74, 6) is 0.323. The number of hydrogen-bond donors (Lipinski definition) is 1. The molecule has 7 heteroatoms. The van der Waals surface area contributed by atoms with E-state index in [-0.39, 0.29) is 12.3 Å². The van der Waals surface area contributed by atoms with E-state index < -0.39 is 12.2 Å². The summed E-state index contributed by atoms with van der Waals surface area (Å²) < 4.78 is 10.1. The fraction of sp³-hybridized carbons (Fsp3) is 0.263. The lowest BCUT2D eigenvalue weighted by Gasteiger charge is -2.20. The molecule has 1 aliphatic rings. The molecule has 136 valence electrons. The molecule has 0 bridgehead atoms. The van der Waals surface area contributed by atoms with Crippen LogP contribution in [0.15, 0.2) is 46.9 Å². The average molecular weight is 419 g/mol. The SMILES string of the molecule is COC(=O)Oc1ccc(C(N)CC(=O)N2CCc3ccccc32)c(Br)c1. The minimum absolute atomic E-state index is 0.00997. The number of para-hydroxylation sites is 1. The Balaban J connectivity index is 1.69. The number of carbonyl (C=O) groups excluding carboxylic acids is 2. The molecule has 0 fully saturated rings. The first-order valence-electron chi connectivity index (χ1n) is 8.18. The van der Waals surface area contributed by atoms with Crippen molar-refractivity contribution < 1.29 is 19.1 Å². The Morgan fingerprint density at radius 3 is 2.77 bits per heavy atom. The fourth-order valence-corrected chi connectivity index (χ4v) is 3.67. The summed E-state index contributed by atoms with van der Waals surface area (Å²) in [5, 5.41) is 0. The number of benzene rings is 2. The second-order valence-corrected chi connectivity index (χ2v) is 6.83. The second-order valence-electron chi connectivity index (χ2n) is 5.97. The normalized spacial score (nSPS) is 13.9. The van der Waals surface area contributed by atoms with Crippen LogP contribution in [0.3, 0.4) is 0 Å². The van der Waals surface area contributed by atoms with Gasteiger partial charge in [0.2, 0.25) is 5.91 Å². The number of ether oxygens (including phenoxy) is 2. The van der Waals surface area contributed by atoms with Crippen LogP contribution in [0.25, 0.3) is 0 Å². The molecule has 6 nitrogen and oxygen atoms in total. The Morgan fingerprint density at radius 2 is 2.04 bits per heavy atom. The number of nitrogens with two attached hydrogens (primary N) is 1. The van der Waals surface area contributed by atoms with Crippen molar-refractivity contribution in [3.63, 3.8) is 0 Å². The van der Waals surface area contributed by atoms with Gasteiger partial charge in [-0.1, -0.05) is 40.2 Å². The molecule has 26 heavy (non-hydrogen) atoms. The highest BCUT2D eigenvalue weighted by Gasteiger charge is 2.26. The van der Waals surface area contributed by atoms with E-state index in [0.717, 1.165) is 17.7 Å². The molecule has 1 heterocycles. The molecule has 1 aliphatic heterocycles. The van der Waals surface area contributed by atoms with E-state index in [1.54, 1.807) is 23.1 Å². The third-order valence-electron chi connectivity index (χ3n) is 4.32. The molecule has 0 saturated carbocycles. The maximum absolute atomic E-state index is 12.7. The number of amides is 1. The van der Waals surface area contributed by atoms with Gasteiger partial charge in [0, 0.05) is 29.2 Å². The van der Waals surface area contributed by atoms with Crippen molar-refractivity contribution >= 4 is 33.7 Å². The maximum Gasteiger partial charge on any atom is 0.513 e. The number of nitrogens with zero attached hydrogens (tertiary/aromatic N) is 1. The van der Waals surface area contributed by atoms with Gasteiger partial charge in [0.1, 0.15) is 5.75 Å². The van der Waals surface area contributed by atoms with Crippen molar-refractivity contribution in [2.75, 3.05) is 18.6 Å². The number of carbonyl (C=O) groups is 2. The average Bonchev–Trinajstić information content (AvgIpc) is 3.05. The first-order valence-corrected chi connectivity index (χ1v) is 8.98. The van der Waals surface area contributed by atoms with E-state index in [0.29, 0.717) is 16.8 Å².